The Bertz CT molecular complexity index is 489. The minimum Gasteiger partial charge on any atom is -0.342 e. The van der Waals surface area contributed by atoms with E-state index < -0.39 is 0 Å². The van der Waals surface area contributed by atoms with E-state index >= 15 is 0 Å². The lowest BCUT2D eigenvalue weighted by atomic mass is 9.95. The topological polar surface area (TPSA) is 80.7 Å². The molecule has 4 nitrogen and oxygen atoms in total. The Morgan fingerprint density at radius 1 is 1.44 bits per heavy atom. The molecule has 2 rings (SSSR count). The Kier molecular flexibility index (Phi) is 2.94. The summed E-state index contributed by atoms with van der Waals surface area (Å²) in [5.74, 6) is 1.20. The van der Waals surface area contributed by atoms with Gasteiger partial charge in [-0.05, 0) is 37.1 Å². The Hall–Kier alpha value is -1.39. The van der Waals surface area contributed by atoms with E-state index in [1.807, 2.05) is 19.1 Å². The second-order valence-electron chi connectivity index (χ2n) is 4.34. The summed E-state index contributed by atoms with van der Waals surface area (Å²) < 4.78 is 0. The van der Waals surface area contributed by atoms with E-state index in [-0.39, 0.29) is 12.0 Å². The average molecular weight is 218 g/mol. The molecule has 2 unspecified atom stereocenters. The van der Waals surface area contributed by atoms with Gasteiger partial charge in [0.25, 0.3) is 0 Å². The van der Waals surface area contributed by atoms with Crippen LogP contribution in [0.3, 0.4) is 0 Å². The first-order valence-electron chi connectivity index (χ1n) is 5.53. The van der Waals surface area contributed by atoms with Crippen molar-refractivity contribution in [1.82, 2.24) is 9.97 Å². The van der Waals surface area contributed by atoms with Crippen molar-refractivity contribution in [3.05, 3.63) is 29.6 Å². The van der Waals surface area contributed by atoms with Gasteiger partial charge in [-0.15, -0.1) is 0 Å². The lowest BCUT2D eigenvalue weighted by Crippen LogP contribution is -2.25. The van der Waals surface area contributed by atoms with E-state index in [4.69, 9.17) is 11.5 Å². The van der Waals surface area contributed by atoms with Gasteiger partial charge >= 0.3 is 0 Å². The highest BCUT2D eigenvalue weighted by atomic mass is 14.9. The molecule has 16 heavy (non-hydrogen) atoms. The van der Waals surface area contributed by atoms with Crippen LogP contribution in [0.4, 0.5) is 0 Å². The van der Waals surface area contributed by atoms with Gasteiger partial charge in [0, 0.05) is 6.04 Å². The lowest BCUT2D eigenvalue weighted by Gasteiger charge is -2.18. The van der Waals surface area contributed by atoms with Gasteiger partial charge in [0.2, 0.25) is 0 Å². The maximum atomic E-state index is 6.13. The zero-order valence-electron chi connectivity index (χ0n) is 9.70. The highest BCUT2D eigenvalue weighted by Gasteiger charge is 2.14. The Labute approximate surface area is 95.0 Å². The van der Waals surface area contributed by atoms with Crippen molar-refractivity contribution in [2.24, 2.45) is 17.4 Å². The molecule has 1 aromatic carbocycles. The number of imidazole rings is 1. The third-order valence-corrected chi connectivity index (χ3v) is 2.99. The van der Waals surface area contributed by atoms with Gasteiger partial charge in [-0.25, -0.2) is 4.98 Å². The predicted octanol–water partition coefficient (Wildman–Crippen LogP) is 1.47. The van der Waals surface area contributed by atoms with Gasteiger partial charge in [0.1, 0.15) is 5.82 Å². The van der Waals surface area contributed by atoms with Gasteiger partial charge < -0.3 is 16.5 Å². The summed E-state index contributed by atoms with van der Waals surface area (Å²) in [6.07, 6.45) is 0. The van der Waals surface area contributed by atoms with E-state index in [2.05, 4.69) is 23.0 Å². The van der Waals surface area contributed by atoms with E-state index in [1.54, 1.807) is 0 Å². The maximum Gasteiger partial charge on any atom is 0.104 e. The summed E-state index contributed by atoms with van der Waals surface area (Å²) >= 11 is 0. The quantitative estimate of drug-likeness (QED) is 0.729. The standard InChI is InChI=1S/C12H18N4/c1-7(6-13)12(14)9-3-4-10-11(5-9)16-8(2)15-10/h3-5,7,12H,6,13-14H2,1-2H3,(H,15,16). The lowest BCUT2D eigenvalue weighted by molar-refractivity contribution is 0.481. The van der Waals surface area contributed by atoms with Gasteiger partial charge in [-0.3, -0.25) is 0 Å². The molecule has 4 heteroatoms. The van der Waals surface area contributed by atoms with Crippen molar-refractivity contribution in [3.63, 3.8) is 0 Å². The van der Waals surface area contributed by atoms with Crippen molar-refractivity contribution < 1.29 is 0 Å². The fourth-order valence-corrected chi connectivity index (χ4v) is 1.84. The Morgan fingerprint density at radius 2 is 2.19 bits per heavy atom. The normalized spacial score (nSPS) is 15.2. The van der Waals surface area contributed by atoms with Crippen molar-refractivity contribution in [1.29, 1.82) is 0 Å². The first-order chi connectivity index (χ1) is 7.61. The maximum absolute atomic E-state index is 6.13. The molecule has 1 heterocycles. The Balaban J connectivity index is 2.38. The summed E-state index contributed by atoms with van der Waals surface area (Å²) in [5.41, 5.74) is 14.9. The predicted molar refractivity (Wildman–Crippen MR) is 66.0 cm³/mol. The third kappa shape index (κ3) is 1.94. The monoisotopic (exact) mass is 218 g/mol. The molecule has 0 spiro atoms. The average Bonchev–Trinajstić information content (AvgIpc) is 2.65. The van der Waals surface area contributed by atoms with Gasteiger partial charge in [0.15, 0.2) is 0 Å². The first-order valence-corrected chi connectivity index (χ1v) is 5.53. The first kappa shape index (κ1) is 11.1. The van der Waals surface area contributed by atoms with Gasteiger partial charge in [0.05, 0.1) is 11.0 Å². The number of nitrogens with two attached hydrogens (primary N) is 2. The van der Waals surface area contributed by atoms with Crippen molar-refractivity contribution in [2.45, 2.75) is 19.9 Å². The number of rotatable bonds is 3. The number of aromatic amines is 1. The zero-order chi connectivity index (χ0) is 11.7. The van der Waals surface area contributed by atoms with E-state index in [9.17, 15) is 0 Å². The van der Waals surface area contributed by atoms with Crippen LogP contribution in [0.5, 0.6) is 0 Å². The highest BCUT2D eigenvalue weighted by molar-refractivity contribution is 5.75. The molecule has 5 N–H and O–H groups in total. The number of benzene rings is 1. The number of aryl methyl sites for hydroxylation is 1. The zero-order valence-corrected chi connectivity index (χ0v) is 9.70. The second-order valence-corrected chi connectivity index (χ2v) is 4.34. The molecular formula is C12H18N4. The van der Waals surface area contributed by atoms with Crippen LogP contribution in [0.2, 0.25) is 0 Å². The molecule has 2 atom stereocenters. The van der Waals surface area contributed by atoms with Crippen molar-refractivity contribution in [2.75, 3.05) is 6.54 Å². The minimum absolute atomic E-state index is 0.0157. The SMILES string of the molecule is Cc1nc2ccc(C(N)C(C)CN)cc2[nH]1. The highest BCUT2D eigenvalue weighted by Crippen LogP contribution is 2.22. The second kappa shape index (κ2) is 4.23. The summed E-state index contributed by atoms with van der Waals surface area (Å²) in [7, 11) is 0. The molecule has 0 fully saturated rings. The number of hydrogen-bond acceptors (Lipinski definition) is 3. The number of H-pyrrole nitrogens is 1. The van der Waals surface area contributed by atoms with Gasteiger partial charge in [-0.1, -0.05) is 13.0 Å². The minimum atomic E-state index is -0.0157. The largest absolute Gasteiger partial charge is 0.342 e. The number of nitrogens with zero attached hydrogens (tertiary/aromatic N) is 1. The third-order valence-electron chi connectivity index (χ3n) is 2.99. The van der Waals surface area contributed by atoms with Crippen LogP contribution in [0, 0.1) is 12.8 Å². The molecule has 86 valence electrons. The van der Waals surface area contributed by atoms with Gasteiger partial charge in [-0.2, -0.15) is 0 Å². The number of nitrogens with one attached hydrogen (secondary N) is 1. The summed E-state index contributed by atoms with van der Waals surface area (Å²) in [6.45, 7) is 4.61. The van der Waals surface area contributed by atoms with E-state index in [1.165, 1.54) is 0 Å². The smallest absolute Gasteiger partial charge is 0.104 e. The van der Waals surface area contributed by atoms with Crippen LogP contribution in [-0.4, -0.2) is 16.5 Å². The van der Waals surface area contributed by atoms with E-state index in [0.29, 0.717) is 6.54 Å². The van der Waals surface area contributed by atoms with Crippen molar-refractivity contribution in [3.8, 4) is 0 Å². The summed E-state index contributed by atoms with van der Waals surface area (Å²) in [4.78, 5) is 7.57. The van der Waals surface area contributed by atoms with Crippen LogP contribution in [0.1, 0.15) is 24.4 Å². The molecule has 2 aromatic rings. The molecule has 0 aliphatic heterocycles. The molecule has 0 aliphatic carbocycles. The summed E-state index contributed by atoms with van der Waals surface area (Å²) in [6, 6.07) is 6.07. The fourth-order valence-electron chi connectivity index (χ4n) is 1.84. The van der Waals surface area contributed by atoms with E-state index in [0.717, 1.165) is 22.4 Å². The van der Waals surface area contributed by atoms with Crippen molar-refractivity contribution >= 4 is 11.0 Å². The molecule has 1 aromatic heterocycles. The molecule has 0 aliphatic rings. The number of aromatic nitrogens is 2. The Morgan fingerprint density at radius 3 is 2.88 bits per heavy atom. The molecule has 0 bridgehead atoms. The molecule has 0 amide bonds. The van der Waals surface area contributed by atoms with Crippen LogP contribution in [0.25, 0.3) is 11.0 Å². The van der Waals surface area contributed by atoms with Crippen LogP contribution < -0.4 is 11.5 Å². The molecule has 0 radical (unpaired) electrons. The molecular weight excluding hydrogens is 200 g/mol. The molecule has 0 saturated carbocycles. The number of hydrogen-bond donors (Lipinski definition) is 3. The number of fused-ring (bicyclic) bond motifs is 1. The fraction of sp³-hybridized carbons (Fsp3) is 0.417. The summed E-state index contributed by atoms with van der Waals surface area (Å²) in [5, 5.41) is 0. The van der Waals surface area contributed by atoms with Crippen LogP contribution in [-0.2, 0) is 0 Å². The van der Waals surface area contributed by atoms with Crippen LogP contribution >= 0.6 is 0 Å². The van der Waals surface area contributed by atoms with Crippen LogP contribution in [0.15, 0.2) is 18.2 Å². The molecule has 0 saturated heterocycles.